The summed E-state index contributed by atoms with van der Waals surface area (Å²) in [6, 6.07) is 0. The van der Waals surface area contributed by atoms with Gasteiger partial charge in [0, 0.05) is 6.08 Å². The van der Waals surface area contributed by atoms with E-state index in [-0.39, 0.29) is 15.6 Å². The second-order valence-electron chi connectivity index (χ2n) is 2.50. The van der Waals surface area contributed by atoms with Gasteiger partial charge in [0.2, 0.25) is 0 Å². The minimum Gasteiger partial charge on any atom is -0.273 e. The molecule has 0 rings (SSSR count). The number of carbonyl (C=O) groups excluding carboxylic acids is 1. The number of nitrogens with zero attached hydrogens (tertiary/aromatic N) is 1. The fourth-order valence-corrected chi connectivity index (χ4v) is 0.307. The Hall–Kier alpha value is -0.613. The summed E-state index contributed by atoms with van der Waals surface area (Å²) in [5.41, 5.74) is 0. The zero-order chi connectivity index (χ0) is 7.49. The van der Waals surface area contributed by atoms with Crippen molar-refractivity contribution in [3.05, 3.63) is 12.7 Å². The molecule has 0 aromatic rings. The Labute approximate surface area is 65.8 Å². The van der Waals surface area contributed by atoms with E-state index < -0.39 is 5.97 Å². The van der Waals surface area contributed by atoms with Gasteiger partial charge in [-0.3, -0.25) is 4.84 Å². The van der Waals surface area contributed by atoms with Crippen molar-refractivity contribution in [1.29, 1.82) is 0 Å². The fourth-order valence-electron chi connectivity index (χ4n) is 0.307. The standard InChI is InChI=1S/C6H12NO2.H4Si/c1-5-6(8)9-7(2,3)4;/h5H,1H2,2-4H3;1H4/q+1;. The normalized spacial score (nSPS) is 9.50. The van der Waals surface area contributed by atoms with Gasteiger partial charge >= 0.3 is 5.97 Å². The first-order chi connectivity index (χ1) is 3.95. The van der Waals surface area contributed by atoms with Gasteiger partial charge in [-0.25, -0.2) is 4.79 Å². The molecule has 0 fully saturated rings. The van der Waals surface area contributed by atoms with Crippen LogP contribution in [0.5, 0.6) is 0 Å². The van der Waals surface area contributed by atoms with E-state index in [0.29, 0.717) is 0 Å². The molecule has 0 saturated carbocycles. The summed E-state index contributed by atoms with van der Waals surface area (Å²) in [4.78, 5) is 15.2. The first kappa shape index (κ1) is 12.1. The number of hydroxylamine groups is 3. The molecule has 0 aliphatic rings. The van der Waals surface area contributed by atoms with Gasteiger partial charge in [-0.05, 0) is 11.0 Å². The van der Waals surface area contributed by atoms with Crippen molar-refractivity contribution in [3.8, 4) is 0 Å². The summed E-state index contributed by atoms with van der Waals surface area (Å²) in [5.74, 6) is -0.400. The second kappa shape index (κ2) is 4.24. The molecule has 0 N–H and O–H groups in total. The molecule has 0 radical (unpaired) electrons. The third kappa shape index (κ3) is 7.39. The Balaban J connectivity index is 0. The van der Waals surface area contributed by atoms with E-state index in [1.807, 2.05) is 0 Å². The summed E-state index contributed by atoms with van der Waals surface area (Å²) in [6.07, 6.45) is 1.14. The average molecular weight is 162 g/mol. The first-order valence-electron chi connectivity index (χ1n) is 2.63. The van der Waals surface area contributed by atoms with Crippen LogP contribution in [-0.4, -0.2) is 42.7 Å². The summed E-state index contributed by atoms with van der Waals surface area (Å²) in [7, 11) is 5.25. The van der Waals surface area contributed by atoms with Crippen molar-refractivity contribution in [2.75, 3.05) is 21.1 Å². The maximum Gasteiger partial charge on any atom is 0.389 e. The minimum absolute atomic E-state index is 0. The van der Waals surface area contributed by atoms with Crippen LogP contribution in [0, 0.1) is 0 Å². The van der Waals surface area contributed by atoms with Crippen LogP contribution in [0.3, 0.4) is 0 Å². The van der Waals surface area contributed by atoms with Gasteiger partial charge < -0.3 is 0 Å². The lowest BCUT2D eigenvalue weighted by Crippen LogP contribution is -2.36. The number of rotatable bonds is 2. The van der Waals surface area contributed by atoms with Crippen molar-refractivity contribution >= 4 is 16.9 Å². The van der Waals surface area contributed by atoms with E-state index in [9.17, 15) is 4.79 Å². The lowest BCUT2D eigenvalue weighted by molar-refractivity contribution is -1.04. The van der Waals surface area contributed by atoms with Gasteiger partial charge in [0.05, 0.1) is 0 Å². The molecule has 0 aromatic carbocycles. The van der Waals surface area contributed by atoms with Crippen molar-refractivity contribution < 1.29 is 14.3 Å². The van der Waals surface area contributed by atoms with E-state index in [1.165, 1.54) is 0 Å². The van der Waals surface area contributed by atoms with Gasteiger partial charge in [0.25, 0.3) is 0 Å². The first-order valence-corrected chi connectivity index (χ1v) is 2.63. The number of carbonyl (C=O) groups is 1. The van der Waals surface area contributed by atoms with Crippen LogP contribution in [0.15, 0.2) is 12.7 Å². The molecule has 0 aromatic heterocycles. The van der Waals surface area contributed by atoms with Gasteiger partial charge in [-0.1, -0.05) is 6.58 Å². The number of hydrogen-bond acceptors (Lipinski definition) is 2. The predicted octanol–water partition coefficient (Wildman–Crippen LogP) is -1.11. The Morgan fingerprint density at radius 3 is 2.00 bits per heavy atom. The highest BCUT2D eigenvalue weighted by Gasteiger charge is 2.11. The van der Waals surface area contributed by atoms with E-state index in [1.54, 1.807) is 21.1 Å². The maximum absolute atomic E-state index is 10.5. The molecule has 0 spiro atoms. The quantitative estimate of drug-likeness (QED) is 0.223. The molecule has 60 valence electrons. The van der Waals surface area contributed by atoms with Crippen LogP contribution in [0.4, 0.5) is 0 Å². The lowest BCUT2D eigenvalue weighted by Gasteiger charge is -2.18. The SMILES string of the molecule is C=CC(=O)O[N+](C)(C)C.[SiH4]. The molecular formula is C6H16NO2Si+. The van der Waals surface area contributed by atoms with Crippen LogP contribution in [0.25, 0.3) is 0 Å². The molecule has 10 heavy (non-hydrogen) atoms. The molecule has 4 heteroatoms. The molecule has 0 aliphatic heterocycles. The highest BCUT2D eigenvalue weighted by Crippen LogP contribution is 1.92. The van der Waals surface area contributed by atoms with E-state index >= 15 is 0 Å². The molecule has 0 unspecified atom stereocenters. The van der Waals surface area contributed by atoms with E-state index in [2.05, 4.69) is 6.58 Å². The fraction of sp³-hybridized carbons (Fsp3) is 0.500. The summed E-state index contributed by atoms with van der Waals surface area (Å²) in [5, 5.41) is 0. The van der Waals surface area contributed by atoms with Crippen molar-refractivity contribution in [2.24, 2.45) is 0 Å². The van der Waals surface area contributed by atoms with E-state index in [4.69, 9.17) is 4.84 Å². The van der Waals surface area contributed by atoms with Crippen LogP contribution in [0.1, 0.15) is 0 Å². The zero-order valence-corrected chi connectivity index (χ0v) is 6.05. The Morgan fingerprint density at radius 2 is 1.90 bits per heavy atom. The van der Waals surface area contributed by atoms with Crippen LogP contribution in [-0.2, 0) is 9.63 Å². The highest BCUT2D eigenvalue weighted by atomic mass is 28.1. The van der Waals surface area contributed by atoms with Gasteiger partial charge in [-0.2, -0.15) is 0 Å². The molecule has 0 amide bonds. The largest absolute Gasteiger partial charge is 0.389 e. The van der Waals surface area contributed by atoms with Gasteiger partial charge in [-0.15, -0.1) is 4.65 Å². The van der Waals surface area contributed by atoms with Crippen molar-refractivity contribution in [1.82, 2.24) is 0 Å². The maximum atomic E-state index is 10.5. The molecule has 0 saturated heterocycles. The molecular weight excluding hydrogens is 146 g/mol. The molecule has 0 aliphatic carbocycles. The van der Waals surface area contributed by atoms with Gasteiger partial charge in [0.1, 0.15) is 21.1 Å². The number of quaternary nitrogens is 1. The monoisotopic (exact) mass is 162 g/mol. The minimum atomic E-state index is -0.400. The summed E-state index contributed by atoms with van der Waals surface area (Å²) < 4.78 is 0.171. The highest BCUT2D eigenvalue weighted by molar-refractivity contribution is 5.80. The molecule has 3 nitrogen and oxygen atoms in total. The topological polar surface area (TPSA) is 26.3 Å². The predicted molar refractivity (Wildman–Crippen MR) is 45.7 cm³/mol. The van der Waals surface area contributed by atoms with Crippen molar-refractivity contribution in [2.45, 2.75) is 0 Å². The summed E-state index contributed by atoms with van der Waals surface area (Å²) >= 11 is 0. The molecule has 0 atom stereocenters. The molecule has 0 bridgehead atoms. The number of hydrogen-bond donors (Lipinski definition) is 0. The lowest BCUT2D eigenvalue weighted by atomic mass is 10.7. The second-order valence-corrected chi connectivity index (χ2v) is 2.50. The third-order valence-electron chi connectivity index (χ3n) is 0.531. The van der Waals surface area contributed by atoms with Crippen LogP contribution < -0.4 is 0 Å². The third-order valence-corrected chi connectivity index (χ3v) is 0.531. The summed E-state index contributed by atoms with van der Waals surface area (Å²) in [6.45, 7) is 3.26. The Morgan fingerprint density at radius 1 is 1.50 bits per heavy atom. The zero-order valence-electron chi connectivity index (χ0n) is 6.05. The Bertz CT molecular complexity index is 128. The van der Waals surface area contributed by atoms with Crippen LogP contribution >= 0.6 is 0 Å². The Kier molecular flexibility index (Phi) is 5.13. The average Bonchev–Trinajstić information content (AvgIpc) is 1.62. The molecule has 0 heterocycles. The van der Waals surface area contributed by atoms with E-state index in [0.717, 1.165) is 6.08 Å². The van der Waals surface area contributed by atoms with Crippen molar-refractivity contribution in [3.63, 3.8) is 0 Å². The smallest absolute Gasteiger partial charge is 0.273 e. The van der Waals surface area contributed by atoms with Gasteiger partial charge in [0.15, 0.2) is 0 Å². The van der Waals surface area contributed by atoms with Crippen LogP contribution in [0.2, 0.25) is 0 Å².